The molecule has 0 aromatic carbocycles. The van der Waals surface area contributed by atoms with Crippen molar-refractivity contribution in [3.63, 3.8) is 0 Å². The van der Waals surface area contributed by atoms with Gasteiger partial charge in [-0.3, -0.25) is 4.90 Å². The van der Waals surface area contributed by atoms with Crippen molar-refractivity contribution in [2.45, 2.75) is 52.5 Å². The number of hydrogen-bond acceptors (Lipinski definition) is 3. The van der Waals surface area contributed by atoms with Crippen molar-refractivity contribution >= 4 is 0 Å². The van der Waals surface area contributed by atoms with Gasteiger partial charge in [0.1, 0.15) is 0 Å². The van der Waals surface area contributed by atoms with E-state index in [1.807, 2.05) is 0 Å². The van der Waals surface area contributed by atoms with Crippen molar-refractivity contribution in [2.75, 3.05) is 40.8 Å². The second kappa shape index (κ2) is 8.93. The summed E-state index contributed by atoms with van der Waals surface area (Å²) in [7, 11) is 6.53. The van der Waals surface area contributed by atoms with Crippen molar-refractivity contribution in [1.82, 2.24) is 9.80 Å². The largest absolute Gasteiger partial charge is 0.329 e. The van der Waals surface area contributed by atoms with E-state index in [9.17, 15) is 0 Å². The maximum Gasteiger partial charge on any atom is 0.0333 e. The van der Waals surface area contributed by atoms with E-state index < -0.39 is 0 Å². The minimum absolute atomic E-state index is 0.175. The summed E-state index contributed by atoms with van der Waals surface area (Å²) in [5.41, 5.74) is 6.36. The zero-order valence-electron chi connectivity index (χ0n) is 14.4. The molecule has 0 heterocycles. The first-order valence-electron chi connectivity index (χ1n) is 7.79. The van der Waals surface area contributed by atoms with Crippen LogP contribution in [0.15, 0.2) is 0 Å². The fourth-order valence-corrected chi connectivity index (χ4v) is 3.10. The molecule has 0 atom stereocenters. The van der Waals surface area contributed by atoms with Gasteiger partial charge in [0, 0.05) is 12.1 Å². The molecule has 0 rings (SSSR count). The maximum atomic E-state index is 6.18. The molecule has 0 bridgehead atoms. The van der Waals surface area contributed by atoms with Gasteiger partial charge in [0.25, 0.3) is 0 Å². The first-order valence-corrected chi connectivity index (χ1v) is 7.79. The lowest BCUT2D eigenvalue weighted by molar-refractivity contribution is 0.0752. The fraction of sp³-hybridized carbons (Fsp3) is 1.00. The monoisotopic (exact) mass is 271 g/mol. The second-order valence-corrected chi connectivity index (χ2v) is 7.20. The maximum absolute atomic E-state index is 6.18. The van der Waals surface area contributed by atoms with Gasteiger partial charge in [0.05, 0.1) is 0 Å². The van der Waals surface area contributed by atoms with Crippen LogP contribution in [0.25, 0.3) is 0 Å². The molecule has 3 nitrogen and oxygen atoms in total. The van der Waals surface area contributed by atoms with Crippen LogP contribution in [0.3, 0.4) is 0 Å². The predicted octanol–water partition coefficient (Wildman–Crippen LogP) is 2.66. The van der Waals surface area contributed by atoms with Crippen molar-refractivity contribution in [3.05, 3.63) is 0 Å². The Hall–Kier alpha value is -0.120. The van der Waals surface area contributed by atoms with E-state index in [-0.39, 0.29) is 5.54 Å². The standard InChI is InChI=1S/C16H37N3/c1-14(2)11-16(13-17,12-15(3)4)19(7)10-8-9-18(5)6/h14-15H,8-13,17H2,1-7H3. The number of rotatable bonds is 10. The van der Waals surface area contributed by atoms with Gasteiger partial charge in [-0.25, -0.2) is 0 Å². The Morgan fingerprint density at radius 2 is 1.37 bits per heavy atom. The second-order valence-electron chi connectivity index (χ2n) is 7.20. The first kappa shape index (κ1) is 18.9. The molecular weight excluding hydrogens is 234 g/mol. The van der Waals surface area contributed by atoms with Crippen LogP contribution in [-0.2, 0) is 0 Å². The molecule has 116 valence electrons. The Kier molecular flexibility index (Phi) is 8.88. The zero-order valence-corrected chi connectivity index (χ0v) is 14.4. The van der Waals surface area contributed by atoms with E-state index in [1.54, 1.807) is 0 Å². The highest BCUT2D eigenvalue weighted by molar-refractivity contribution is 4.92. The molecule has 0 aliphatic rings. The molecule has 0 aromatic heterocycles. The van der Waals surface area contributed by atoms with Gasteiger partial charge in [-0.05, 0) is 65.3 Å². The molecular formula is C16H37N3. The number of nitrogens with zero attached hydrogens (tertiary/aromatic N) is 2. The normalized spacial score (nSPS) is 13.3. The van der Waals surface area contributed by atoms with Crippen LogP contribution in [0, 0.1) is 11.8 Å². The quantitative estimate of drug-likeness (QED) is 0.663. The molecule has 0 unspecified atom stereocenters. The molecule has 0 amide bonds. The lowest BCUT2D eigenvalue weighted by atomic mass is 9.80. The van der Waals surface area contributed by atoms with E-state index in [1.165, 1.54) is 19.3 Å². The average molecular weight is 271 g/mol. The van der Waals surface area contributed by atoms with Crippen LogP contribution in [0.4, 0.5) is 0 Å². The summed E-state index contributed by atoms with van der Waals surface area (Å²) in [4.78, 5) is 4.78. The van der Waals surface area contributed by atoms with Crippen molar-refractivity contribution in [1.29, 1.82) is 0 Å². The lowest BCUT2D eigenvalue weighted by Crippen LogP contribution is -2.54. The smallest absolute Gasteiger partial charge is 0.0333 e. The van der Waals surface area contributed by atoms with Crippen LogP contribution in [0.2, 0.25) is 0 Å². The number of likely N-dealkylation sites (N-methyl/N-ethyl adjacent to an activating group) is 1. The van der Waals surface area contributed by atoms with Crippen molar-refractivity contribution in [3.8, 4) is 0 Å². The minimum atomic E-state index is 0.175. The SMILES string of the molecule is CC(C)CC(CN)(CC(C)C)N(C)CCCN(C)C. The van der Waals surface area contributed by atoms with E-state index in [2.05, 4.69) is 58.6 Å². The molecule has 0 aliphatic carbocycles. The van der Waals surface area contributed by atoms with E-state index >= 15 is 0 Å². The van der Waals surface area contributed by atoms with Crippen LogP contribution in [0.5, 0.6) is 0 Å². The minimum Gasteiger partial charge on any atom is -0.329 e. The zero-order chi connectivity index (χ0) is 15.1. The molecule has 0 spiro atoms. The van der Waals surface area contributed by atoms with E-state index in [0.717, 1.165) is 19.6 Å². The van der Waals surface area contributed by atoms with Crippen LogP contribution in [0.1, 0.15) is 47.0 Å². The summed E-state index contributed by atoms with van der Waals surface area (Å²) >= 11 is 0. The number of hydrogen-bond donors (Lipinski definition) is 1. The van der Waals surface area contributed by atoms with Crippen LogP contribution >= 0.6 is 0 Å². The molecule has 0 aliphatic heterocycles. The predicted molar refractivity (Wildman–Crippen MR) is 86.5 cm³/mol. The van der Waals surface area contributed by atoms with Gasteiger partial charge < -0.3 is 10.6 Å². The summed E-state index contributed by atoms with van der Waals surface area (Å²) in [6.45, 7) is 12.3. The van der Waals surface area contributed by atoms with Gasteiger partial charge >= 0.3 is 0 Å². The summed E-state index contributed by atoms with van der Waals surface area (Å²) < 4.78 is 0. The summed E-state index contributed by atoms with van der Waals surface area (Å²) in [5, 5.41) is 0. The molecule has 0 saturated carbocycles. The van der Waals surface area contributed by atoms with Gasteiger partial charge in [-0.2, -0.15) is 0 Å². The molecule has 2 N–H and O–H groups in total. The third-order valence-electron chi connectivity index (χ3n) is 3.86. The molecule has 0 radical (unpaired) electrons. The molecule has 3 heteroatoms. The molecule has 0 saturated heterocycles. The number of nitrogens with two attached hydrogens (primary N) is 1. The highest BCUT2D eigenvalue weighted by Gasteiger charge is 2.34. The lowest BCUT2D eigenvalue weighted by Gasteiger charge is -2.44. The summed E-state index contributed by atoms with van der Waals surface area (Å²) in [5.74, 6) is 1.39. The van der Waals surface area contributed by atoms with E-state index in [0.29, 0.717) is 11.8 Å². The van der Waals surface area contributed by atoms with Crippen LogP contribution in [-0.4, -0.2) is 56.1 Å². The fourth-order valence-electron chi connectivity index (χ4n) is 3.10. The Labute approximate surface area is 121 Å². The molecule has 19 heavy (non-hydrogen) atoms. The topological polar surface area (TPSA) is 32.5 Å². The van der Waals surface area contributed by atoms with Gasteiger partial charge in [-0.1, -0.05) is 27.7 Å². The summed E-state index contributed by atoms with van der Waals surface area (Å²) in [6, 6.07) is 0. The summed E-state index contributed by atoms with van der Waals surface area (Å²) in [6.07, 6.45) is 3.60. The Morgan fingerprint density at radius 3 is 1.68 bits per heavy atom. The van der Waals surface area contributed by atoms with E-state index in [4.69, 9.17) is 5.73 Å². The Bertz CT molecular complexity index is 214. The third-order valence-corrected chi connectivity index (χ3v) is 3.86. The highest BCUT2D eigenvalue weighted by Crippen LogP contribution is 2.29. The Balaban J connectivity index is 4.68. The van der Waals surface area contributed by atoms with Crippen molar-refractivity contribution in [2.24, 2.45) is 17.6 Å². The first-order chi connectivity index (χ1) is 8.73. The highest BCUT2D eigenvalue weighted by atomic mass is 15.2. The van der Waals surface area contributed by atoms with Gasteiger partial charge in [-0.15, -0.1) is 0 Å². The third kappa shape index (κ3) is 7.28. The van der Waals surface area contributed by atoms with Gasteiger partial charge in [0.15, 0.2) is 0 Å². The Morgan fingerprint density at radius 1 is 0.895 bits per heavy atom. The average Bonchev–Trinajstić information content (AvgIpc) is 2.25. The van der Waals surface area contributed by atoms with Gasteiger partial charge in [0.2, 0.25) is 0 Å². The molecule has 0 aromatic rings. The van der Waals surface area contributed by atoms with Crippen molar-refractivity contribution < 1.29 is 0 Å². The molecule has 0 fully saturated rings. The van der Waals surface area contributed by atoms with Crippen LogP contribution < -0.4 is 5.73 Å².